The van der Waals surface area contributed by atoms with Crippen molar-refractivity contribution in [2.45, 2.75) is 130 Å². The number of azide groups is 1. The van der Waals surface area contributed by atoms with Crippen LogP contribution in [0.4, 0.5) is 15.3 Å². The van der Waals surface area contributed by atoms with Crippen LogP contribution >= 0.6 is 0 Å². The Kier molecular flexibility index (Phi) is 18.3. The summed E-state index contributed by atoms with van der Waals surface area (Å²) in [5.74, 6) is -5.48. The van der Waals surface area contributed by atoms with E-state index >= 15 is 0 Å². The van der Waals surface area contributed by atoms with E-state index in [-0.39, 0.29) is 91.8 Å². The predicted molar refractivity (Wildman–Crippen MR) is 274 cm³/mol. The molecular formula is C53H68N8O17. The lowest BCUT2D eigenvalue weighted by molar-refractivity contribution is -0.271. The summed E-state index contributed by atoms with van der Waals surface area (Å²) in [7, 11) is 1.51. The van der Waals surface area contributed by atoms with E-state index in [1.807, 2.05) is 19.2 Å². The zero-order valence-corrected chi connectivity index (χ0v) is 44.8. The van der Waals surface area contributed by atoms with Gasteiger partial charge in [0.15, 0.2) is 17.9 Å². The Bertz CT molecular complexity index is 2800. The second kappa shape index (κ2) is 24.5. The first kappa shape index (κ1) is 58.2. The third-order valence-electron chi connectivity index (χ3n) is 14.7. The summed E-state index contributed by atoms with van der Waals surface area (Å²) in [6, 6.07) is 9.83. The van der Waals surface area contributed by atoms with Gasteiger partial charge in [0.1, 0.15) is 19.0 Å². The average Bonchev–Trinajstić information content (AvgIpc) is 2.38. The maximum absolute atomic E-state index is 13.4. The van der Waals surface area contributed by atoms with Gasteiger partial charge in [0, 0.05) is 74.4 Å². The average molecular weight is 1090 g/mol. The Morgan fingerprint density at radius 3 is 2.26 bits per heavy atom. The molecule has 422 valence electrons. The SMILES string of the molecule is CNC(=O)Cc1ccc(-c2ccn(CC34CC5(C)CC(C)(C3)CC(OCCNC(=O)OCc3ccc(NC(=O)O[C@@H]6O[C@H](C(=O)O)[C@@H](C)[C@H](OC(C)=O)[C@H]6OC(C)=O)c(OCCOCCN=[N+]=[N-])c3)(C5)C4)c2C)c(C(=O)O)n1. The maximum Gasteiger partial charge on any atom is 0.414 e. The van der Waals surface area contributed by atoms with Crippen LogP contribution in [0.25, 0.3) is 21.6 Å². The van der Waals surface area contributed by atoms with Gasteiger partial charge in [-0.05, 0) is 97.1 Å². The minimum atomic E-state index is -1.83. The number of hydrogen-bond acceptors (Lipinski definition) is 17. The number of nitrogens with one attached hydrogen (secondary N) is 3. The van der Waals surface area contributed by atoms with Gasteiger partial charge in [-0.2, -0.15) is 0 Å². The van der Waals surface area contributed by atoms with E-state index in [4.69, 9.17) is 43.4 Å². The van der Waals surface area contributed by atoms with Gasteiger partial charge in [-0.15, -0.1) is 0 Å². The zero-order chi connectivity index (χ0) is 56.6. The number of aromatic nitrogens is 2. The Balaban J connectivity index is 0.971. The molecule has 1 aliphatic heterocycles. The van der Waals surface area contributed by atoms with Crippen molar-refractivity contribution >= 4 is 47.7 Å². The van der Waals surface area contributed by atoms with E-state index in [0.717, 1.165) is 63.6 Å². The number of carbonyl (C=O) groups excluding carboxylic acids is 5. The molecule has 2 unspecified atom stereocenters. The van der Waals surface area contributed by atoms with Crippen LogP contribution in [0.5, 0.6) is 5.75 Å². The van der Waals surface area contributed by atoms with E-state index in [1.165, 1.54) is 26.1 Å². The number of alkyl carbamates (subject to hydrolysis) is 1. The fourth-order valence-corrected chi connectivity index (χ4v) is 13.0. The number of nitrogens with zero attached hydrogens (tertiary/aromatic N) is 5. The molecule has 3 amide bonds. The molecule has 5 N–H and O–H groups in total. The molecule has 4 saturated carbocycles. The number of likely N-dealkylation sites (N-methyl/N-ethyl adjacent to an activating group) is 1. The topological polar surface area (TPSA) is 336 Å². The monoisotopic (exact) mass is 1090 g/mol. The summed E-state index contributed by atoms with van der Waals surface area (Å²) in [5.41, 5.74) is 11.0. The number of aliphatic carboxylic acids is 1. The summed E-state index contributed by atoms with van der Waals surface area (Å²) in [5, 5.41) is 31.2. The van der Waals surface area contributed by atoms with E-state index in [2.05, 4.69) is 49.4 Å². The zero-order valence-electron chi connectivity index (χ0n) is 44.8. The van der Waals surface area contributed by atoms with Crippen LogP contribution in [-0.4, -0.2) is 139 Å². The van der Waals surface area contributed by atoms with Gasteiger partial charge in [-0.1, -0.05) is 38.0 Å². The highest BCUT2D eigenvalue weighted by Gasteiger charge is 2.66. The molecule has 5 fully saturated rings. The number of pyridine rings is 1. The number of benzene rings is 1. The standard InChI is InChI=1S/C53H68N8O17/c1-30-42(75-32(3)62)44(76-33(4)63)47(77-43(30)46(67)68)78-49(70)59-38-11-8-34(20-39(38)72-19-18-71-16-14-57-60-54)22-73-48(69)56-13-17-74-53-26-50(5)23-51(6,27-53)25-52(24-50,28-53)29-61-15-12-36(31(61)2)37-10-9-35(21-40(64)55-7)58-41(37)45(65)66/h8-12,15,20,30,42-44,47H,13-14,16-19,21-29H2,1-7H3,(H,55,64)(H,56,69)(H,59,70)(H,65,66)(H,67,68)/t30-,42-,43-,44+,47-,50?,51?,52?,53?/m0/s1. The summed E-state index contributed by atoms with van der Waals surface area (Å²) in [6.45, 7) is 11.3. The van der Waals surface area contributed by atoms with Gasteiger partial charge in [-0.25, -0.2) is 24.2 Å². The number of amides is 3. The molecule has 0 radical (unpaired) electrons. The van der Waals surface area contributed by atoms with Gasteiger partial charge in [-0.3, -0.25) is 19.7 Å². The molecular weight excluding hydrogens is 1020 g/mol. The molecule has 4 bridgehead atoms. The minimum Gasteiger partial charge on any atom is -0.489 e. The number of anilines is 1. The molecule has 2 aromatic heterocycles. The highest BCUT2D eigenvalue weighted by Crippen LogP contribution is 2.72. The first-order valence-electron chi connectivity index (χ1n) is 25.7. The smallest absolute Gasteiger partial charge is 0.414 e. The fraction of sp³-hybridized carbons (Fsp3) is 0.585. The number of esters is 2. The Morgan fingerprint density at radius 1 is 0.872 bits per heavy atom. The molecule has 3 heterocycles. The predicted octanol–water partition coefficient (Wildman–Crippen LogP) is 6.47. The molecule has 78 heavy (non-hydrogen) atoms. The van der Waals surface area contributed by atoms with Crippen molar-refractivity contribution in [3.63, 3.8) is 0 Å². The molecule has 0 spiro atoms. The van der Waals surface area contributed by atoms with E-state index < -0.39 is 72.2 Å². The fourth-order valence-electron chi connectivity index (χ4n) is 13.0. The van der Waals surface area contributed by atoms with Crippen molar-refractivity contribution < 1.29 is 81.7 Å². The number of hydrogen-bond donors (Lipinski definition) is 5. The molecule has 1 aromatic carbocycles. The number of rotatable bonds is 24. The minimum absolute atomic E-state index is 0.0212. The van der Waals surface area contributed by atoms with Crippen molar-refractivity contribution in [3.05, 3.63) is 75.7 Å². The van der Waals surface area contributed by atoms with Crippen LogP contribution in [-0.2, 0) is 71.9 Å². The van der Waals surface area contributed by atoms with Crippen molar-refractivity contribution in [2.24, 2.45) is 27.3 Å². The Hall–Kier alpha value is -7.47. The van der Waals surface area contributed by atoms with Gasteiger partial charge in [0.2, 0.25) is 18.3 Å². The first-order valence-corrected chi connectivity index (χ1v) is 25.7. The van der Waals surface area contributed by atoms with Gasteiger partial charge < -0.3 is 63.3 Å². The third kappa shape index (κ3) is 14.2. The van der Waals surface area contributed by atoms with Crippen molar-refractivity contribution in [3.8, 4) is 16.9 Å². The van der Waals surface area contributed by atoms with Crippen LogP contribution in [0.1, 0.15) is 101 Å². The number of carbonyl (C=O) groups is 7. The number of carboxylic acid groups (broad SMARTS) is 2. The summed E-state index contributed by atoms with van der Waals surface area (Å²) < 4.78 is 47.6. The van der Waals surface area contributed by atoms with Crippen LogP contribution in [0.3, 0.4) is 0 Å². The highest BCUT2D eigenvalue weighted by atomic mass is 16.7. The Morgan fingerprint density at radius 2 is 1.59 bits per heavy atom. The summed E-state index contributed by atoms with van der Waals surface area (Å²) in [4.78, 5) is 94.2. The molecule has 4 aliphatic carbocycles. The van der Waals surface area contributed by atoms with Crippen LogP contribution < -0.4 is 20.7 Å². The third-order valence-corrected chi connectivity index (χ3v) is 14.7. The highest BCUT2D eigenvalue weighted by molar-refractivity contribution is 5.94. The molecule has 8 rings (SSSR count). The molecule has 5 aliphatic rings. The van der Waals surface area contributed by atoms with Gasteiger partial charge in [0.05, 0.1) is 43.2 Å². The van der Waals surface area contributed by atoms with Gasteiger partial charge in [0.25, 0.3) is 0 Å². The molecule has 1 saturated heterocycles. The van der Waals surface area contributed by atoms with Crippen LogP contribution in [0, 0.1) is 29.1 Å². The number of ether oxygens (including phenoxy) is 8. The van der Waals surface area contributed by atoms with E-state index in [1.54, 1.807) is 18.2 Å². The molecule has 25 nitrogen and oxygen atoms in total. The van der Waals surface area contributed by atoms with Crippen molar-refractivity contribution in [1.29, 1.82) is 0 Å². The number of carboxylic acids is 2. The lowest BCUT2D eigenvalue weighted by Crippen LogP contribution is -2.64. The normalized spacial score (nSPS) is 26.6. The van der Waals surface area contributed by atoms with E-state index in [0.29, 0.717) is 23.4 Å². The second-order valence-electron chi connectivity index (χ2n) is 21.6. The van der Waals surface area contributed by atoms with E-state index in [9.17, 15) is 43.8 Å². The van der Waals surface area contributed by atoms with Crippen LogP contribution in [0.15, 0.2) is 47.7 Å². The Labute approximate surface area is 449 Å². The first-order chi connectivity index (χ1) is 37.0. The van der Waals surface area contributed by atoms with Crippen molar-refractivity contribution in [1.82, 2.24) is 20.2 Å². The van der Waals surface area contributed by atoms with Gasteiger partial charge >= 0.3 is 36.1 Å². The molecule has 3 aromatic rings. The van der Waals surface area contributed by atoms with Crippen LogP contribution in [0.2, 0.25) is 0 Å². The van der Waals surface area contributed by atoms with Crippen molar-refractivity contribution in [2.75, 3.05) is 51.9 Å². The summed E-state index contributed by atoms with van der Waals surface area (Å²) in [6.07, 6.45) is -0.595. The quantitative estimate of drug-likeness (QED) is 0.0160. The lowest BCUT2D eigenvalue weighted by atomic mass is 9.39. The lowest BCUT2D eigenvalue weighted by Gasteiger charge is -2.69. The summed E-state index contributed by atoms with van der Waals surface area (Å²) >= 11 is 0. The molecule has 7 atom stereocenters. The second-order valence-corrected chi connectivity index (χ2v) is 21.6. The number of aromatic carboxylic acids is 1. The maximum atomic E-state index is 13.4. The molecule has 25 heteroatoms. The largest absolute Gasteiger partial charge is 0.489 e.